The zero-order valence-corrected chi connectivity index (χ0v) is 16.2. The number of ether oxygens (including phenoxy) is 2. The average Bonchev–Trinajstić information content (AvgIpc) is 2.53. The molecule has 0 aromatic heterocycles. The molecule has 1 N–H and O–H groups in total. The maximum absolute atomic E-state index is 12.2. The maximum atomic E-state index is 12.2. The molecule has 5 nitrogen and oxygen atoms in total. The smallest absolute Gasteiger partial charge is 0.317 e. The highest BCUT2D eigenvalue weighted by Crippen LogP contribution is 2.24. The van der Waals surface area contributed by atoms with Gasteiger partial charge in [0.2, 0.25) is 0 Å². The lowest BCUT2D eigenvalue weighted by Gasteiger charge is -2.35. The fourth-order valence-corrected chi connectivity index (χ4v) is 2.96. The van der Waals surface area contributed by atoms with Gasteiger partial charge in [0.1, 0.15) is 5.75 Å². The van der Waals surface area contributed by atoms with Gasteiger partial charge in [-0.2, -0.15) is 0 Å². The molecule has 0 spiro atoms. The summed E-state index contributed by atoms with van der Waals surface area (Å²) in [5, 5.41) is 2.96. The number of hydrogen-bond acceptors (Lipinski definition) is 3. The van der Waals surface area contributed by atoms with E-state index in [-0.39, 0.29) is 23.7 Å². The fourth-order valence-electron chi connectivity index (χ4n) is 2.96. The van der Waals surface area contributed by atoms with Crippen molar-refractivity contribution in [3.05, 3.63) is 29.8 Å². The lowest BCUT2D eigenvalue weighted by Crippen LogP contribution is -2.51. The van der Waals surface area contributed by atoms with E-state index in [4.69, 9.17) is 9.47 Å². The molecule has 1 aliphatic heterocycles. The number of nitrogens with zero attached hydrogens (tertiary/aromatic N) is 1. The van der Waals surface area contributed by atoms with Crippen molar-refractivity contribution in [3.8, 4) is 5.75 Å². The van der Waals surface area contributed by atoms with Crippen LogP contribution in [0.25, 0.3) is 0 Å². The number of benzene rings is 1. The van der Waals surface area contributed by atoms with Crippen LogP contribution < -0.4 is 10.1 Å². The molecule has 5 heteroatoms. The van der Waals surface area contributed by atoms with Crippen molar-refractivity contribution in [2.24, 2.45) is 0 Å². The number of nitrogens with one attached hydrogen (secondary N) is 1. The van der Waals surface area contributed by atoms with Crippen LogP contribution in [0.15, 0.2) is 24.3 Å². The molecule has 0 aliphatic carbocycles. The molecule has 1 saturated heterocycles. The van der Waals surface area contributed by atoms with Crippen LogP contribution in [0.1, 0.15) is 46.6 Å². The number of amides is 2. The highest BCUT2D eigenvalue weighted by molar-refractivity contribution is 5.74. The van der Waals surface area contributed by atoms with Crippen LogP contribution in [0.5, 0.6) is 5.75 Å². The SMILES string of the molecule is CC1CN(C(=O)NCCCOc2ccc(C(C)(C)C)cc2)CC(C)O1. The van der Waals surface area contributed by atoms with Crippen LogP contribution in [-0.2, 0) is 10.2 Å². The number of carbonyl (C=O) groups is 1. The zero-order valence-electron chi connectivity index (χ0n) is 16.2. The van der Waals surface area contributed by atoms with Crippen LogP contribution in [0.4, 0.5) is 4.79 Å². The predicted octanol–water partition coefficient (Wildman–Crippen LogP) is 3.57. The van der Waals surface area contributed by atoms with Crippen LogP contribution >= 0.6 is 0 Å². The number of urea groups is 1. The summed E-state index contributed by atoms with van der Waals surface area (Å²) >= 11 is 0. The van der Waals surface area contributed by atoms with E-state index >= 15 is 0 Å². The van der Waals surface area contributed by atoms with Crippen molar-refractivity contribution in [2.75, 3.05) is 26.2 Å². The third kappa shape index (κ3) is 6.24. The monoisotopic (exact) mass is 348 g/mol. The Kier molecular flexibility index (Phi) is 6.71. The maximum Gasteiger partial charge on any atom is 0.317 e. The summed E-state index contributed by atoms with van der Waals surface area (Å²) in [5.74, 6) is 0.871. The van der Waals surface area contributed by atoms with E-state index in [9.17, 15) is 4.79 Å². The molecule has 2 amide bonds. The van der Waals surface area contributed by atoms with Crippen molar-refractivity contribution >= 4 is 6.03 Å². The molecule has 0 radical (unpaired) electrons. The van der Waals surface area contributed by atoms with E-state index in [2.05, 4.69) is 38.2 Å². The van der Waals surface area contributed by atoms with Gasteiger partial charge in [-0.1, -0.05) is 32.9 Å². The van der Waals surface area contributed by atoms with E-state index in [1.54, 1.807) is 0 Å². The van der Waals surface area contributed by atoms with Crippen LogP contribution in [0.3, 0.4) is 0 Å². The van der Waals surface area contributed by atoms with Crippen LogP contribution in [0, 0.1) is 0 Å². The minimum absolute atomic E-state index is 0.0171. The van der Waals surface area contributed by atoms with Gasteiger partial charge in [-0.05, 0) is 43.4 Å². The Morgan fingerprint density at radius 1 is 1.20 bits per heavy atom. The van der Waals surface area contributed by atoms with Crippen LogP contribution in [0.2, 0.25) is 0 Å². The number of hydrogen-bond donors (Lipinski definition) is 1. The largest absolute Gasteiger partial charge is 0.494 e. The van der Waals surface area contributed by atoms with Gasteiger partial charge in [0.05, 0.1) is 18.8 Å². The highest BCUT2D eigenvalue weighted by atomic mass is 16.5. The minimum Gasteiger partial charge on any atom is -0.494 e. The number of morpholine rings is 1. The van der Waals surface area contributed by atoms with Crippen molar-refractivity contribution in [3.63, 3.8) is 0 Å². The number of rotatable bonds is 5. The molecule has 2 atom stereocenters. The summed E-state index contributed by atoms with van der Waals surface area (Å²) < 4.78 is 11.4. The van der Waals surface area contributed by atoms with Crippen molar-refractivity contribution in [1.82, 2.24) is 10.2 Å². The second kappa shape index (κ2) is 8.56. The van der Waals surface area contributed by atoms with E-state index in [1.165, 1.54) is 5.56 Å². The summed E-state index contributed by atoms with van der Waals surface area (Å²) in [6.45, 7) is 13.1. The molecule has 2 unspecified atom stereocenters. The van der Waals surface area contributed by atoms with Gasteiger partial charge in [-0.15, -0.1) is 0 Å². The topological polar surface area (TPSA) is 50.8 Å². The Balaban J connectivity index is 1.65. The molecule has 1 aliphatic rings. The Morgan fingerprint density at radius 2 is 1.80 bits per heavy atom. The first-order valence-electron chi connectivity index (χ1n) is 9.17. The average molecular weight is 348 g/mol. The van der Waals surface area contributed by atoms with Gasteiger partial charge in [-0.3, -0.25) is 0 Å². The van der Waals surface area contributed by atoms with Gasteiger partial charge >= 0.3 is 6.03 Å². The second-order valence-corrected chi connectivity index (χ2v) is 7.87. The molecule has 0 saturated carbocycles. The molecular formula is C20H32N2O3. The summed E-state index contributed by atoms with van der Waals surface area (Å²) in [7, 11) is 0. The van der Waals surface area contributed by atoms with E-state index < -0.39 is 0 Å². The second-order valence-electron chi connectivity index (χ2n) is 7.87. The Morgan fingerprint density at radius 3 is 2.36 bits per heavy atom. The van der Waals surface area contributed by atoms with Crippen molar-refractivity contribution in [2.45, 2.75) is 58.7 Å². The normalized spacial score (nSPS) is 21.1. The van der Waals surface area contributed by atoms with E-state index in [0.717, 1.165) is 12.2 Å². The van der Waals surface area contributed by atoms with E-state index in [0.29, 0.717) is 26.2 Å². The molecule has 25 heavy (non-hydrogen) atoms. The first-order valence-corrected chi connectivity index (χ1v) is 9.17. The molecule has 1 fully saturated rings. The first-order chi connectivity index (χ1) is 11.8. The van der Waals surface area contributed by atoms with Crippen molar-refractivity contribution < 1.29 is 14.3 Å². The third-order valence-electron chi connectivity index (χ3n) is 4.29. The van der Waals surface area contributed by atoms with E-state index in [1.807, 2.05) is 30.9 Å². The predicted molar refractivity (Wildman–Crippen MR) is 100 cm³/mol. The molecular weight excluding hydrogens is 316 g/mol. The summed E-state index contributed by atoms with van der Waals surface area (Å²) in [5.41, 5.74) is 1.44. The Bertz CT molecular complexity index is 541. The minimum atomic E-state index is -0.0171. The lowest BCUT2D eigenvalue weighted by molar-refractivity contribution is -0.0545. The van der Waals surface area contributed by atoms with Gasteiger partial charge < -0.3 is 19.7 Å². The standard InChI is InChI=1S/C20H32N2O3/c1-15-13-22(14-16(2)25-15)19(23)21-11-6-12-24-18-9-7-17(8-10-18)20(3,4)5/h7-10,15-16H,6,11-14H2,1-5H3,(H,21,23). The lowest BCUT2D eigenvalue weighted by atomic mass is 9.87. The molecule has 1 aromatic rings. The highest BCUT2D eigenvalue weighted by Gasteiger charge is 2.25. The quantitative estimate of drug-likeness (QED) is 0.828. The summed E-state index contributed by atoms with van der Waals surface area (Å²) in [4.78, 5) is 14.0. The van der Waals surface area contributed by atoms with Crippen molar-refractivity contribution in [1.29, 1.82) is 0 Å². The Labute approximate surface area is 151 Å². The van der Waals surface area contributed by atoms with Gasteiger partial charge in [0, 0.05) is 19.6 Å². The third-order valence-corrected chi connectivity index (χ3v) is 4.29. The molecule has 1 heterocycles. The molecule has 2 rings (SSSR count). The number of carbonyl (C=O) groups excluding carboxylic acids is 1. The first kappa shape index (κ1) is 19.6. The van der Waals surface area contributed by atoms with Crippen LogP contribution in [-0.4, -0.2) is 49.4 Å². The fraction of sp³-hybridized carbons (Fsp3) is 0.650. The van der Waals surface area contributed by atoms with Gasteiger partial charge in [0.15, 0.2) is 0 Å². The zero-order chi connectivity index (χ0) is 18.4. The summed E-state index contributed by atoms with van der Waals surface area (Å²) in [6.07, 6.45) is 0.963. The van der Waals surface area contributed by atoms with Gasteiger partial charge in [-0.25, -0.2) is 4.79 Å². The molecule has 1 aromatic carbocycles. The summed E-state index contributed by atoms with van der Waals surface area (Å²) in [6, 6.07) is 8.22. The van der Waals surface area contributed by atoms with Gasteiger partial charge in [0.25, 0.3) is 0 Å². The Hall–Kier alpha value is -1.75. The molecule has 140 valence electrons. The molecule has 0 bridgehead atoms.